The highest BCUT2D eigenvalue weighted by molar-refractivity contribution is 5.91. The van der Waals surface area contributed by atoms with Gasteiger partial charge in [0, 0.05) is 31.7 Å². The second kappa shape index (κ2) is 9.67. The van der Waals surface area contributed by atoms with Crippen LogP contribution in [0.15, 0.2) is 34.7 Å². The highest BCUT2D eigenvalue weighted by atomic mass is 16.5. The van der Waals surface area contributed by atoms with Crippen molar-refractivity contribution in [3.05, 3.63) is 53.0 Å². The van der Waals surface area contributed by atoms with Crippen molar-refractivity contribution in [3.8, 4) is 5.75 Å². The van der Waals surface area contributed by atoms with E-state index in [9.17, 15) is 4.79 Å². The number of carbonyl (C=O) groups excluding carboxylic acids is 1. The molecule has 0 bridgehead atoms. The number of hydrogen-bond donors (Lipinski definition) is 1. The fraction of sp³-hybridized carbons (Fsp3) is 0.577. The van der Waals surface area contributed by atoms with E-state index in [1.807, 2.05) is 12.1 Å². The van der Waals surface area contributed by atoms with Crippen molar-refractivity contribution in [2.45, 2.75) is 51.6 Å². The van der Waals surface area contributed by atoms with Crippen LogP contribution in [0.1, 0.15) is 59.5 Å². The number of fused-ring (bicyclic) bond motifs is 1. The average Bonchev–Trinajstić information content (AvgIpc) is 3.58. The number of ether oxygens (including phenoxy) is 2. The SMILES string of the molecule is O=C(NCC1(CN2CCCC2)CCOCC1)c1ccc(COc2ccc3c(c2)CCC3)o1. The maximum absolute atomic E-state index is 12.8. The molecule has 1 amide bonds. The minimum atomic E-state index is -0.152. The number of furan rings is 1. The van der Waals surface area contributed by atoms with E-state index in [2.05, 4.69) is 22.3 Å². The van der Waals surface area contributed by atoms with Crippen molar-refractivity contribution >= 4 is 5.91 Å². The highest BCUT2D eigenvalue weighted by Gasteiger charge is 2.35. The van der Waals surface area contributed by atoms with Crippen LogP contribution >= 0.6 is 0 Å². The van der Waals surface area contributed by atoms with E-state index in [1.165, 1.54) is 49.9 Å². The van der Waals surface area contributed by atoms with Crippen LogP contribution in [-0.2, 0) is 24.2 Å². The summed E-state index contributed by atoms with van der Waals surface area (Å²) in [7, 11) is 0. The molecule has 6 heteroatoms. The molecule has 1 aliphatic carbocycles. The summed E-state index contributed by atoms with van der Waals surface area (Å²) in [6.07, 6.45) is 8.05. The first-order valence-electron chi connectivity index (χ1n) is 12.1. The molecule has 0 atom stereocenters. The van der Waals surface area contributed by atoms with Gasteiger partial charge in [0.25, 0.3) is 5.91 Å². The van der Waals surface area contributed by atoms with E-state index in [4.69, 9.17) is 13.9 Å². The molecule has 3 aliphatic rings. The summed E-state index contributed by atoms with van der Waals surface area (Å²) in [5, 5.41) is 3.14. The zero-order valence-corrected chi connectivity index (χ0v) is 18.9. The molecule has 2 fully saturated rings. The molecule has 2 saturated heterocycles. The number of nitrogens with one attached hydrogen (secondary N) is 1. The molecule has 0 unspecified atom stereocenters. The summed E-state index contributed by atoms with van der Waals surface area (Å²) in [5.41, 5.74) is 2.91. The first-order valence-corrected chi connectivity index (χ1v) is 12.1. The number of likely N-dealkylation sites (tertiary alicyclic amines) is 1. The minimum Gasteiger partial charge on any atom is -0.486 e. The largest absolute Gasteiger partial charge is 0.486 e. The molecule has 172 valence electrons. The standard InChI is InChI=1S/C26H34N2O4/c29-25(27-18-26(10-14-30-15-11-26)19-28-12-1-2-13-28)24-9-8-23(32-24)17-31-22-7-6-20-4-3-5-21(20)16-22/h6-9,16H,1-5,10-15,17-19H2,(H,27,29). The zero-order chi connectivity index (χ0) is 21.8. The molecule has 1 N–H and O–H groups in total. The van der Waals surface area contributed by atoms with Crippen LogP contribution in [0.5, 0.6) is 5.75 Å². The molecular formula is C26H34N2O4. The van der Waals surface area contributed by atoms with Crippen molar-refractivity contribution in [3.63, 3.8) is 0 Å². The Kier molecular flexibility index (Phi) is 6.51. The maximum atomic E-state index is 12.8. The number of rotatable bonds is 8. The van der Waals surface area contributed by atoms with E-state index in [0.717, 1.165) is 44.8 Å². The van der Waals surface area contributed by atoms with Gasteiger partial charge in [-0.1, -0.05) is 6.07 Å². The zero-order valence-electron chi connectivity index (χ0n) is 18.9. The van der Waals surface area contributed by atoms with Crippen molar-refractivity contribution in [1.29, 1.82) is 0 Å². The number of hydrogen-bond acceptors (Lipinski definition) is 5. The molecule has 2 aromatic rings. The van der Waals surface area contributed by atoms with E-state index in [1.54, 1.807) is 6.07 Å². The van der Waals surface area contributed by atoms with Gasteiger partial charge in [-0.3, -0.25) is 4.79 Å². The normalized spacial score (nSPS) is 20.2. The Balaban J connectivity index is 1.15. The lowest BCUT2D eigenvalue weighted by atomic mass is 9.79. The average molecular weight is 439 g/mol. The van der Waals surface area contributed by atoms with Gasteiger partial charge in [-0.15, -0.1) is 0 Å². The maximum Gasteiger partial charge on any atom is 0.287 e. The van der Waals surface area contributed by atoms with Gasteiger partial charge in [-0.2, -0.15) is 0 Å². The summed E-state index contributed by atoms with van der Waals surface area (Å²) in [4.78, 5) is 15.3. The summed E-state index contributed by atoms with van der Waals surface area (Å²) in [6.45, 7) is 5.90. The third-order valence-corrected chi connectivity index (χ3v) is 7.27. The van der Waals surface area contributed by atoms with Gasteiger partial charge in [-0.25, -0.2) is 0 Å². The fourth-order valence-corrected chi connectivity index (χ4v) is 5.34. The van der Waals surface area contributed by atoms with Gasteiger partial charge in [0.15, 0.2) is 5.76 Å². The Morgan fingerprint density at radius 1 is 1.03 bits per heavy atom. The van der Waals surface area contributed by atoms with Crippen LogP contribution in [0.25, 0.3) is 0 Å². The Morgan fingerprint density at radius 2 is 1.84 bits per heavy atom. The van der Waals surface area contributed by atoms with Gasteiger partial charge in [-0.05, 0) is 93.4 Å². The van der Waals surface area contributed by atoms with Crippen LogP contribution in [0.4, 0.5) is 0 Å². The molecule has 3 heterocycles. The van der Waals surface area contributed by atoms with Crippen molar-refractivity contribution in [2.24, 2.45) is 5.41 Å². The Labute approximate surface area is 190 Å². The molecule has 32 heavy (non-hydrogen) atoms. The fourth-order valence-electron chi connectivity index (χ4n) is 5.34. The van der Waals surface area contributed by atoms with E-state index >= 15 is 0 Å². The van der Waals surface area contributed by atoms with Crippen molar-refractivity contribution < 1.29 is 18.7 Å². The molecule has 1 aromatic heterocycles. The lowest BCUT2D eigenvalue weighted by molar-refractivity contribution is -0.000762. The molecule has 5 rings (SSSR count). The van der Waals surface area contributed by atoms with Crippen LogP contribution in [-0.4, -0.2) is 50.2 Å². The van der Waals surface area contributed by atoms with Crippen LogP contribution < -0.4 is 10.1 Å². The van der Waals surface area contributed by atoms with Gasteiger partial charge < -0.3 is 24.1 Å². The molecule has 1 aromatic carbocycles. The first kappa shape index (κ1) is 21.5. The molecule has 0 saturated carbocycles. The van der Waals surface area contributed by atoms with E-state index in [-0.39, 0.29) is 11.3 Å². The van der Waals surface area contributed by atoms with Crippen LogP contribution in [0, 0.1) is 5.41 Å². The molecule has 6 nitrogen and oxygen atoms in total. The summed E-state index contributed by atoms with van der Waals surface area (Å²) in [6, 6.07) is 9.89. The van der Waals surface area contributed by atoms with Crippen molar-refractivity contribution in [1.82, 2.24) is 10.2 Å². The smallest absolute Gasteiger partial charge is 0.287 e. The monoisotopic (exact) mass is 438 g/mol. The predicted molar refractivity (Wildman–Crippen MR) is 122 cm³/mol. The van der Waals surface area contributed by atoms with Gasteiger partial charge >= 0.3 is 0 Å². The topological polar surface area (TPSA) is 63.9 Å². The van der Waals surface area contributed by atoms with Gasteiger partial charge in [0.05, 0.1) is 0 Å². The summed E-state index contributed by atoms with van der Waals surface area (Å²) in [5.74, 6) is 1.71. The van der Waals surface area contributed by atoms with E-state index < -0.39 is 0 Å². The quantitative estimate of drug-likeness (QED) is 0.676. The third kappa shape index (κ3) is 5.02. The number of carbonyl (C=O) groups is 1. The summed E-state index contributed by atoms with van der Waals surface area (Å²) < 4.78 is 17.3. The van der Waals surface area contributed by atoms with Crippen LogP contribution in [0.2, 0.25) is 0 Å². The Bertz CT molecular complexity index is 926. The Morgan fingerprint density at radius 3 is 2.69 bits per heavy atom. The second-order valence-corrected chi connectivity index (χ2v) is 9.62. The number of benzene rings is 1. The van der Waals surface area contributed by atoms with Crippen LogP contribution in [0.3, 0.4) is 0 Å². The lowest BCUT2D eigenvalue weighted by Gasteiger charge is -2.40. The lowest BCUT2D eigenvalue weighted by Crippen LogP contribution is -2.48. The predicted octanol–water partition coefficient (Wildman–Crippen LogP) is 3.97. The molecule has 0 spiro atoms. The van der Waals surface area contributed by atoms with Crippen molar-refractivity contribution in [2.75, 3.05) is 39.4 Å². The first-order chi connectivity index (χ1) is 15.7. The highest BCUT2D eigenvalue weighted by Crippen LogP contribution is 2.32. The van der Waals surface area contributed by atoms with Gasteiger partial charge in [0.1, 0.15) is 18.1 Å². The minimum absolute atomic E-state index is 0.0877. The third-order valence-electron chi connectivity index (χ3n) is 7.27. The van der Waals surface area contributed by atoms with Gasteiger partial charge in [0.2, 0.25) is 0 Å². The number of amides is 1. The molecule has 0 radical (unpaired) electrons. The number of aryl methyl sites for hydroxylation is 2. The Hall–Kier alpha value is -2.31. The summed E-state index contributed by atoms with van der Waals surface area (Å²) >= 11 is 0. The molecular weight excluding hydrogens is 404 g/mol. The second-order valence-electron chi connectivity index (χ2n) is 9.62. The molecule has 2 aliphatic heterocycles. The number of nitrogens with zero attached hydrogens (tertiary/aromatic N) is 1. The van der Waals surface area contributed by atoms with E-state index in [0.29, 0.717) is 24.7 Å².